The molecule has 0 radical (unpaired) electrons. The van der Waals surface area contributed by atoms with Gasteiger partial charge in [0.25, 0.3) is 0 Å². The number of likely N-dealkylation sites (N-methyl/N-ethyl adjacent to an activating group) is 1. The van der Waals surface area contributed by atoms with E-state index in [2.05, 4.69) is 16.5 Å². The van der Waals surface area contributed by atoms with Crippen LogP contribution in [0.25, 0.3) is 0 Å². The van der Waals surface area contributed by atoms with Crippen molar-refractivity contribution in [3.05, 3.63) is 0 Å². The van der Waals surface area contributed by atoms with Crippen molar-refractivity contribution in [2.75, 3.05) is 31.9 Å². The van der Waals surface area contributed by atoms with Crippen molar-refractivity contribution in [2.45, 2.75) is 25.8 Å². The second-order valence-electron chi connectivity index (χ2n) is 3.88. The molecular weight excluding hydrogens is 214 g/mol. The minimum Gasteiger partial charge on any atom is -0.329 e. The van der Waals surface area contributed by atoms with E-state index in [1.54, 1.807) is 0 Å². The van der Waals surface area contributed by atoms with Gasteiger partial charge in [0, 0.05) is 19.1 Å². The van der Waals surface area contributed by atoms with Gasteiger partial charge >= 0.3 is 0 Å². The molecule has 0 spiro atoms. The zero-order valence-corrected chi connectivity index (χ0v) is 10.1. The van der Waals surface area contributed by atoms with Crippen molar-refractivity contribution in [3.8, 4) is 0 Å². The van der Waals surface area contributed by atoms with E-state index in [4.69, 9.17) is 5.73 Å². The van der Waals surface area contributed by atoms with Crippen LogP contribution in [0.15, 0.2) is 0 Å². The van der Waals surface area contributed by atoms with Gasteiger partial charge in [0.05, 0.1) is 5.75 Å². The molecule has 1 heterocycles. The summed E-state index contributed by atoms with van der Waals surface area (Å²) in [5, 5.41) is 0. The van der Waals surface area contributed by atoms with E-state index in [0.717, 1.165) is 25.9 Å². The topological polar surface area (TPSA) is 75.4 Å². The van der Waals surface area contributed by atoms with Gasteiger partial charge in [-0.05, 0) is 25.9 Å². The molecule has 0 aromatic heterocycles. The molecule has 0 saturated carbocycles. The van der Waals surface area contributed by atoms with Crippen LogP contribution in [0.4, 0.5) is 0 Å². The summed E-state index contributed by atoms with van der Waals surface area (Å²) in [7, 11) is -3.15. The van der Waals surface area contributed by atoms with Crippen LogP contribution < -0.4 is 10.5 Å². The molecule has 1 aliphatic heterocycles. The van der Waals surface area contributed by atoms with Gasteiger partial charge in [0.1, 0.15) is 0 Å². The Bertz CT molecular complexity index is 279. The Balaban J connectivity index is 2.36. The zero-order valence-electron chi connectivity index (χ0n) is 9.28. The fourth-order valence-corrected chi connectivity index (χ4v) is 2.89. The first kappa shape index (κ1) is 12.9. The number of sulfonamides is 1. The SMILES string of the molecule is CCN1CCCC1CNS(=O)(=O)CCN. The number of hydrogen-bond acceptors (Lipinski definition) is 4. The van der Waals surface area contributed by atoms with Gasteiger partial charge in [-0.15, -0.1) is 0 Å². The second-order valence-corrected chi connectivity index (χ2v) is 5.81. The van der Waals surface area contributed by atoms with Crippen LogP contribution in [0.3, 0.4) is 0 Å². The number of hydrogen-bond donors (Lipinski definition) is 2. The Morgan fingerprint density at radius 1 is 1.53 bits per heavy atom. The van der Waals surface area contributed by atoms with Gasteiger partial charge in [0.2, 0.25) is 10.0 Å². The summed E-state index contributed by atoms with van der Waals surface area (Å²) in [6.07, 6.45) is 2.25. The minimum atomic E-state index is -3.15. The minimum absolute atomic E-state index is 0.0197. The maximum Gasteiger partial charge on any atom is 0.212 e. The average Bonchev–Trinajstić information content (AvgIpc) is 2.62. The number of rotatable bonds is 6. The lowest BCUT2D eigenvalue weighted by Gasteiger charge is -2.22. The van der Waals surface area contributed by atoms with Crippen LogP contribution >= 0.6 is 0 Å². The monoisotopic (exact) mass is 235 g/mol. The second kappa shape index (κ2) is 5.79. The molecule has 0 aliphatic carbocycles. The number of nitrogens with zero attached hydrogens (tertiary/aromatic N) is 1. The maximum absolute atomic E-state index is 11.4. The normalized spacial score (nSPS) is 23.5. The maximum atomic E-state index is 11.4. The zero-order chi connectivity index (χ0) is 11.3. The van der Waals surface area contributed by atoms with E-state index < -0.39 is 10.0 Å². The number of nitrogens with one attached hydrogen (secondary N) is 1. The third kappa shape index (κ3) is 4.06. The van der Waals surface area contributed by atoms with Gasteiger partial charge in [-0.3, -0.25) is 4.90 Å². The molecule has 15 heavy (non-hydrogen) atoms. The van der Waals surface area contributed by atoms with Crippen molar-refractivity contribution in [2.24, 2.45) is 5.73 Å². The van der Waals surface area contributed by atoms with Crippen LogP contribution in [-0.4, -0.2) is 51.3 Å². The highest BCUT2D eigenvalue weighted by molar-refractivity contribution is 7.89. The Morgan fingerprint density at radius 2 is 2.27 bits per heavy atom. The van der Waals surface area contributed by atoms with Crippen molar-refractivity contribution >= 4 is 10.0 Å². The Hall–Kier alpha value is -0.170. The first-order valence-corrected chi connectivity index (χ1v) is 7.15. The summed E-state index contributed by atoms with van der Waals surface area (Å²) in [6, 6.07) is 0.363. The Labute approximate surface area is 92.1 Å². The largest absolute Gasteiger partial charge is 0.329 e. The summed E-state index contributed by atoms with van der Waals surface area (Å²) in [4.78, 5) is 2.31. The Kier molecular flexibility index (Phi) is 4.98. The fourth-order valence-electron chi connectivity index (χ4n) is 1.99. The predicted molar refractivity (Wildman–Crippen MR) is 61.1 cm³/mol. The summed E-state index contributed by atoms with van der Waals surface area (Å²) in [6.45, 7) is 4.88. The summed E-state index contributed by atoms with van der Waals surface area (Å²) < 4.78 is 25.4. The third-order valence-electron chi connectivity index (χ3n) is 2.83. The predicted octanol–water partition coefficient (Wildman–Crippen LogP) is -0.651. The van der Waals surface area contributed by atoms with E-state index in [0.29, 0.717) is 12.6 Å². The first-order chi connectivity index (χ1) is 7.09. The van der Waals surface area contributed by atoms with E-state index in [1.165, 1.54) is 0 Å². The van der Waals surface area contributed by atoms with Crippen LogP contribution in [0.2, 0.25) is 0 Å². The van der Waals surface area contributed by atoms with Crippen molar-refractivity contribution in [1.29, 1.82) is 0 Å². The molecule has 3 N–H and O–H groups in total. The van der Waals surface area contributed by atoms with E-state index >= 15 is 0 Å². The molecule has 1 aliphatic rings. The van der Waals surface area contributed by atoms with Crippen molar-refractivity contribution in [3.63, 3.8) is 0 Å². The molecule has 90 valence electrons. The molecule has 1 atom stereocenters. The highest BCUT2D eigenvalue weighted by Gasteiger charge is 2.24. The molecule has 0 amide bonds. The molecule has 6 heteroatoms. The van der Waals surface area contributed by atoms with Crippen LogP contribution in [0.1, 0.15) is 19.8 Å². The lowest BCUT2D eigenvalue weighted by atomic mass is 10.2. The molecule has 0 aromatic rings. The van der Waals surface area contributed by atoms with Gasteiger partial charge in [-0.1, -0.05) is 6.92 Å². The molecule has 0 aromatic carbocycles. The quantitative estimate of drug-likeness (QED) is 0.641. The molecule has 1 rings (SSSR count). The van der Waals surface area contributed by atoms with Crippen molar-refractivity contribution in [1.82, 2.24) is 9.62 Å². The van der Waals surface area contributed by atoms with Crippen LogP contribution in [0.5, 0.6) is 0 Å². The lowest BCUT2D eigenvalue weighted by molar-refractivity contribution is 0.268. The van der Waals surface area contributed by atoms with E-state index in [9.17, 15) is 8.42 Å². The summed E-state index contributed by atoms with van der Waals surface area (Å²) in [5.41, 5.74) is 5.22. The fraction of sp³-hybridized carbons (Fsp3) is 1.00. The molecule has 1 unspecified atom stereocenters. The molecule has 5 nitrogen and oxygen atoms in total. The van der Waals surface area contributed by atoms with Crippen LogP contribution in [-0.2, 0) is 10.0 Å². The van der Waals surface area contributed by atoms with E-state index in [-0.39, 0.29) is 12.3 Å². The summed E-state index contributed by atoms with van der Waals surface area (Å²) >= 11 is 0. The van der Waals surface area contributed by atoms with Gasteiger partial charge < -0.3 is 5.73 Å². The van der Waals surface area contributed by atoms with Crippen molar-refractivity contribution < 1.29 is 8.42 Å². The highest BCUT2D eigenvalue weighted by Crippen LogP contribution is 2.15. The third-order valence-corrected chi connectivity index (χ3v) is 4.21. The summed E-state index contributed by atoms with van der Waals surface area (Å²) in [5.74, 6) is 0.0197. The van der Waals surface area contributed by atoms with Crippen LogP contribution in [0, 0.1) is 0 Å². The number of likely N-dealkylation sites (tertiary alicyclic amines) is 1. The standard InChI is InChI=1S/C9H21N3O2S/c1-2-12-6-3-4-9(12)8-11-15(13,14)7-5-10/h9,11H,2-8,10H2,1H3. The molecular formula is C9H21N3O2S. The lowest BCUT2D eigenvalue weighted by Crippen LogP contribution is -2.41. The molecule has 0 bridgehead atoms. The molecule has 1 saturated heterocycles. The van der Waals surface area contributed by atoms with Gasteiger partial charge in [-0.25, -0.2) is 13.1 Å². The van der Waals surface area contributed by atoms with Gasteiger partial charge in [-0.2, -0.15) is 0 Å². The molecule has 1 fully saturated rings. The smallest absolute Gasteiger partial charge is 0.212 e. The van der Waals surface area contributed by atoms with E-state index in [1.807, 2.05) is 0 Å². The highest BCUT2D eigenvalue weighted by atomic mass is 32.2. The average molecular weight is 235 g/mol. The number of nitrogens with two attached hydrogens (primary N) is 1. The van der Waals surface area contributed by atoms with Gasteiger partial charge in [0.15, 0.2) is 0 Å². The Morgan fingerprint density at radius 3 is 2.87 bits per heavy atom. The first-order valence-electron chi connectivity index (χ1n) is 5.50.